The van der Waals surface area contributed by atoms with Gasteiger partial charge in [-0.25, -0.2) is 0 Å². The number of rotatable bonds is 1. The van der Waals surface area contributed by atoms with Crippen LogP contribution in [0.5, 0.6) is 0 Å². The second-order valence-electron chi connectivity index (χ2n) is 7.94. The normalized spacial score (nSPS) is 12.1. The van der Waals surface area contributed by atoms with Crippen molar-refractivity contribution in [2.45, 2.75) is 27.7 Å². The van der Waals surface area contributed by atoms with Crippen LogP contribution in [0.2, 0.25) is 0 Å². The number of hydrogen-bond donors (Lipinski definition) is 0. The van der Waals surface area contributed by atoms with Gasteiger partial charge in [-0.15, -0.1) is 0 Å². The van der Waals surface area contributed by atoms with Gasteiger partial charge in [0.05, 0.1) is 28.2 Å². The van der Waals surface area contributed by atoms with E-state index in [1.807, 2.05) is 19.1 Å². The molecule has 0 saturated carbocycles. The Bertz CT molecular complexity index is 1600. The zero-order chi connectivity index (χ0) is 20.4. The Morgan fingerprint density at radius 2 is 1.72 bits per heavy atom. The van der Waals surface area contributed by atoms with Crippen LogP contribution in [0.4, 0.5) is 0 Å². The Kier molecular flexibility index (Phi) is 3.60. The molecule has 140 valence electrons. The first-order chi connectivity index (χ1) is 14.0. The van der Waals surface area contributed by atoms with E-state index in [1.165, 1.54) is 49.4 Å². The Balaban J connectivity index is 2.26. The fourth-order valence-electron chi connectivity index (χ4n) is 4.92. The van der Waals surface area contributed by atoms with Gasteiger partial charge in [0.1, 0.15) is 0 Å². The monoisotopic (exact) mass is 374 g/mol. The fraction of sp³-hybridized carbons (Fsp3) is 0.148. The van der Waals surface area contributed by atoms with Gasteiger partial charge in [0.2, 0.25) is 0 Å². The van der Waals surface area contributed by atoms with Crippen LogP contribution in [0, 0.1) is 32.1 Å². The van der Waals surface area contributed by atoms with Gasteiger partial charge >= 0.3 is 0 Å². The zero-order valence-electron chi connectivity index (χ0n) is 17.2. The van der Waals surface area contributed by atoms with E-state index in [1.54, 1.807) is 0 Å². The number of nitriles is 1. The van der Waals surface area contributed by atoms with E-state index in [0.717, 1.165) is 16.1 Å². The number of pyridine rings is 1. The summed E-state index contributed by atoms with van der Waals surface area (Å²) in [5, 5.41) is 15.2. The SMILES string of the molecule is C=c1c2c(C)c(C)cc(C)c2n2c3ccc(C#N)cc3c3ccc(/C=C\C)c1c32. The average molecular weight is 374 g/mol. The van der Waals surface area contributed by atoms with Crippen molar-refractivity contribution in [1.82, 2.24) is 4.40 Å². The molecule has 5 rings (SSSR count). The third-order valence-corrected chi connectivity index (χ3v) is 6.27. The van der Waals surface area contributed by atoms with Gasteiger partial charge in [0, 0.05) is 21.5 Å². The van der Waals surface area contributed by atoms with Gasteiger partial charge in [0.25, 0.3) is 0 Å². The molecule has 0 aliphatic rings. The molecule has 3 aromatic carbocycles. The maximum absolute atomic E-state index is 9.44. The van der Waals surface area contributed by atoms with Crippen molar-refractivity contribution < 1.29 is 0 Å². The van der Waals surface area contributed by atoms with E-state index in [4.69, 9.17) is 0 Å². The number of benzene rings is 3. The van der Waals surface area contributed by atoms with Crippen LogP contribution in [-0.4, -0.2) is 4.40 Å². The highest BCUT2D eigenvalue weighted by Gasteiger charge is 2.19. The molecule has 0 amide bonds. The molecule has 0 unspecified atom stereocenters. The average Bonchev–Trinajstić information content (AvgIpc) is 3.03. The zero-order valence-corrected chi connectivity index (χ0v) is 17.2. The number of aryl methyl sites for hydroxylation is 3. The maximum Gasteiger partial charge on any atom is 0.0991 e. The minimum atomic E-state index is 0.686. The van der Waals surface area contributed by atoms with Gasteiger partial charge in [0.15, 0.2) is 0 Å². The summed E-state index contributed by atoms with van der Waals surface area (Å²) in [7, 11) is 0. The molecular weight excluding hydrogens is 352 g/mol. The summed E-state index contributed by atoms with van der Waals surface area (Å²) in [6, 6.07) is 14.9. The summed E-state index contributed by atoms with van der Waals surface area (Å²) >= 11 is 0. The van der Waals surface area contributed by atoms with E-state index < -0.39 is 0 Å². The minimum absolute atomic E-state index is 0.686. The molecule has 0 atom stereocenters. The third-order valence-electron chi connectivity index (χ3n) is 6.27. The molecule has 2 heterocycles. The van der Waals surface area contributed by atoms with Crippen molar-refractivity contribution >= 4 is 50.7 Å². The van der Waals surface area contributed by atoms with Gasteiger partial charge in [-0.3, -0.25) is 0 Å². The summed E-state index contributed by atoms with van der Waals surface area (Å²) in [4.78, 5) is 0. The lowest BCUT2D eigenvalue weighted by molar-refractivity contribution is 1.27. The van der Waals surface area contributed by atoms with Gasteiger partial charge < -0.3 is 4.40 Å². The van der Waals surface area contributed by atoms with Crippen molar-refractivity contribution in [2.24, 2.45) is 0 Å². The Morgan fingerprint density at radius 1 is 0.931 bits per heavy atom. The molecule has 5 aromatic rings. The van der Waals surface area contributed by atoms with Crippen molar-refractivity contribution in [3.63, 3.8) is 0 Å². The fourth-order valence-corrected chi connectivity index (χ4v) is 4.92. The number of hydrogen-bond acceptors (Lipinski definition) is 1. The first-order valence-corrected chi connectivity index (χ1v) is 9.92. The van der Waals surface area contributed by atoms with Crippen LogP contribution in [0.3, 0.4) is 0 Å². The van der Waals surface area contributed by atoms with Gasteiger partial charge in [-0.1, -0.05) is 36.9 Å². The molecule has 0 aliphatic carbocycles. The molecule has 29 heavy (non-hydrogen) atoms. The molecule has 0 bridgehead atoms. The van der Waals surface area contributed by atoms with Crippen LogP contribution in [-0.2, 0) is 0 Å². The van der Waals surface area contributed by atoms with Crippen LogP contribution >= 0.6 is 0 Å². The summed E-state index contributed by atoms with van der Waals surface area (Å²) < 4.78 is 2.39. The Morgan fingerprint density at radius 3 is 2.45 bits per heavy atom. The third kappa shape index (κ3) is 2.16. The van der Waals surface area contributed by atoms with Crippen molar-refractivity contribution in [3.8, 4) is 6.07 Å². The standard InChI is InChI=1S/C27H22N2/c1-6-7-20-9-10-21-22-13-19(14-28)8-11-23(22)29-26-16(3)12-15(2)17(4)24(26)18(5)25(20)27(21)29/h6-13H,5H2,1-4H3/b7-6-. The summed E-state index contributed by atoms with van der Waals surface area (Å²) in [5.74, 6) is 0. The van der Waals surface area contributed by atoms with Crippen molar-refractivity contribution in [2.75, 3.05) is 0 Å². The highest BCUT2D eigenvalue weighted by Crippen LogP contribution is 2.37. The summed E-state index contributed by atoms with van der Waals surface area (Å²) in [6.07, 6.45) is 4.24. The molecule has 2 aromatic heterocycles. The molecule has 0 spiro atoms. The van der Waals surface area contributed by atoms with Gasteiger partial charge in [-0.2, -0.15) is 5.26 Å². The van der Waals surface area contributed by atoms with Crippen molar-refractivity contribution in [3.05, 3.63) is 75.5 Å². The van der Waals surface area contributed by atoms with Crippen LogP contribution < -0.4 is 5.22 Å². The second kappa shape index (κ2) is 5.96. The topological polar surface area (TPSA) is 28.2 Å². The molecule has 0 radical (unpaired) electrons. The summed E-state index contributed by atoms with van der Waals surface area (Å²) in [5.41, 5.74) is 9.22. The number of allylic oxidation sites excluding steroid dienone is 1. The molecule has 0 N–H and O–H groups in total. The minimum Gasteiger partial charge on any atom is -0.308 e. The van der Waals surface area contributed by atoms with Gasteiger partial charge in [-0.05, 0) is 73.4 Å². The van der Waals surface area contributed by atoms with Crippen LogP contribution in [0.15, 0.2) is 42.5 Å². The molecular formula is C27H22N2. The lowest BCUT2D eigenvalue weighted by atomic mass is 9.94. The maximum atomic E-state index is 9.44. The van der Waals surface area contributed by atoms with E-state index in [9.17, 15) is 5.26 Å². The van der Waals surface area contributed by atoms with Crippen LogP contribution in [0.25, 0.3) is 50.7 Å². The van der Waals surface area contributed by atoms with E-state index in [2.05, 4.69) is 74.2 Å². The van der Waals surface area contributed by atoms with Crippen LogP contribution in [0.1, 0.15) is 34.7 Å². The summed E-state index contributed by atoms with van der Waals surface area (Å²) in [6.45, 7) is 13.2. The largest absolute Gasteiger partial charge is 0.308 e. The molecule has 2 nitrogen and oxygen atoms in total. The number of nitrogens with zero attached hydrogens (tertiary/aromatic N) is 2. The quantitative estimate of drug-likeness (QED) is 0.314. The predicted octanol–water partition coefficient (Wildman–Crippen LogP) is 6.36. The predicted molar refractivity (Wildman–Crippen MR) is 124 cm³/mol. The van der Waals surface area contributed by atoms with Crippen molar-refractivity contribution in [1.29, 1.82) is 5.26 Å². The van der Waals surface area contributed by atoms with E-state index in [0.29, 0.717) is 5.56 Å². The first kappa shape index (κ1) is 17.5. The molecule has 0 aliphatic heterocycles. The highest BCUT2D eigenvalue weighted by atomic mass is 14.9. The lowest BCUT2D eigenvalue weighted by Gasteiger charge is -2.16. The Hall–Kier alpha value is -3.57. The van der Waals surface area contributed by atoms with E-state index in [-0.39, 0.29) is 0 Å². The second-order valence-corrected chi connectivity index (χ2v) is 7.94. The van der Waals surface area contributed by atoms with E-state index >= 15 is 0 Å². The number of fused-ring (bicyclic) bond motifs is 5. The highest BCUT2D eigenvalue weighted by molar-refractivity contribution is 6.19. The lowest BCUT2D eigenvalue weighted by Crippen LogP contribution is -2.11. The molecule has 2 heteroatoms. The Labute approximate surface area is 170 Å². The first-order valence-electron chi connectivity index (χ1n) is 9.92. The molecule has 0 fully saturated rings. The smallest absolute Gasteiger partial charge is 0.0991 e. The number of aromatic nitrogens is 1. The molecule has 0 saturated heterocycles.